The number of hydrogen-bond donors (Lipinski definition) is 2. The summed E-state index contributed by atoms with van der Waals surface area (Å²) < 4.78 is 4.99. The second-order valence-corrected chi connectivity index (χ2v) is 5.25. The number of aliphatic hydroxyl groups is 1. The van der Waals surface area contributed by atoms with E-state index in [9.17, 15) is 5.11 Å². The second kappa shape index (κ2) is 5.82. The minimum atomic E-state index is -0.393. The highest BCUT2D eigenvalue weighted by Crippen LogP contribution is 2.21. The van der Waals surface area contributed by atoms with Crippen molar-refractivity contribution >= 4 is 5.82 Å². The molecule has 1 atom stereocenters. The van der Waals surface area contributed by atoms with Gasteiger partial charge in [-0.2, -0.15) is 0 Å². The maximum Gasteiger partial charge on any atom is 0.218 e. The maximum absolute atomic E-state index is 9.84. The van der Waals surface area contributed by atoms with Gasteiger partial charge in [0.25, 0.3) is 0 Å². The van der Waals surface area contributed by atoms with Crippen LogP contribution in [-0.2, 0) is 0 Å². The topological polar surface area (TPSA) is 67.3 Å². The molecule has 1 aromatic heterocycles. The lowest BCUT2D eigenvalue weighted by molar-refractivity contribution is 0.132. The highest BCUT2D eigenvalue weighted by Gasteiger charge is 2.16. The van der Waals surface area contributed by atoms with Crippen LogP contribution >= 0.6 is 0 Å². The number of aliphatic hydroxyl groups excluding tert-OH is 1. The van der Waals surface area contributed by atoms with Crippen LogP contribution in [0.25, 0.3) is 0 Å². The van der Waals surface area contributed by atoms with Crippen LogP contribution in [0.4, 0.5) is 5.82 Å². The Morgan fingerprint density at radius 1 is 1.41 bits per heavy atom. The Labute approximate surface area is 102 Å². The molecule has 1 unspecified atom stereocenters. The first kappa shape index (κ1) is 13.7. The second-order valence-electron chi connectivity index (χ2n) is 5.25. The summed E-state index contributed by atoms with van der Waals surface area (Å²) in [5.41, 5.74) is 0.116. The van der Waals surface area contributed by atoms with E-state index in [0.29, 0.717) is 18.2 Å². The molecule has 0 saturated heterocycles. The van der Waals surface area contributed by atoms with E-state index in [1.54, 1.807) is 13.2 Å². The highest BCUT2D eigenvalue weighted by atomic mass is 16.5. The van der Waals surface area contributed by atoms with Crippen LogP contribution in [0.1, 0.15) is 27.2 Å². The smallest absolute Gasteiger partial charge is 0.218 e. The van der Waals surface area contributed by atoms with Crippen LogP contribution in [-0.4, -0.2) is 34.8 Å². The van der Waals surface area contributed by atoms with Crippen molar-refractivity contribution in [2.45, 2.75) is 33.3 Å². The van der Waals surface area contributed by atoms with Crippen molar-refractivity contribution in [1.82, 2.24) is 9.97 Å². The van der Waals surface area contributed by atoms with Crippen LogP contribution in [0.5, 0.6) is 5.88 Å². The number of nitrogens with one attached hydrogen (secondary N) is 1. The standard InChI is InChI=1S/C12H21N3O2/c1-12(2,3)6-9(16)7-13-10-5-11(17-4)15-8-14-10/h5,8-9,16H,6-7H2,1-4H3,(H,13,14,15). The zero-order valence-corrected chi connectivity index (χ0v) is 10.9. The maximum atomic E-state index is 9.84. The molecule has 5 heteroatoms. The Morgan fingerprint density at radius 2 is 2.12 bits per heavy atom. The van der Waals surface area contributed by atoms with Crippen LogP contribution in [0.2, 0.25) is 0 Å². The minimum absolute atomic E-state index is 0.116. The molecule has 0 aliphatic rings. The predicted molar refractivity (Wildman–Crippen MR) is 67.2 cm³/mol. The van der Waals surface area contributed by atoms with E-state index in [1.807, 2.05) is 0 Å². The average Bonchev–Trinajstić information content (AvgIpc) is 2.24. The molecule has 5 nitrogen and oxygen atoms in total. The molecule has 1 rings (SSSR count). The Balaban J connectivity index is 2.44. The summed E-state index contributed by atoms with van der Waals surface area (Å²) in [4.78, 5) is 7.95. The molecule has 0 aliphatic heterocycles. The van der Waals surface area contributed by atoms with Gasteiger partial charge in [-0.05, 0) is 11.8 Å². The van der Waals surface area contributed by atoms with Crippen molar-refractivity contribution in [2.24, 2.45) is 5.41 Å². The van der Waals surface area contributed by atoms with Gasteiger partial charge in [0.1, 0.15) is 12.1 Å². The molecule has 0 radical (unpaired) electrons. The predicted octanol–water partition coefficient (Wildman–Crippen LogP) is 1.69. The lowest BCUT2D eigenvalue weighted by Crippen LogP contribution is -2.25. The van der Waals surface area contributed by atoms with Gasteiger partial charge in [0.2, 0.25) is 5.88 Å². The van der Waals surface area contributed by atoms with Crippen LogP contribution < -0.4 is 10.1 Å². The number of hydrogen-bond acceptors (Lipinski definition) is 5. The van der Waals surface area contributed by atoms with Gasteiger partial charge in [-0.1, -0.05) is 20.8 Å². The van der Waals surface area contributed by atoms with E-state index in [2.05, 4.69) is 36.1 Å². The normalized spacial score (nSPS) is 13.2. The molecule has 0 bridgehead atoms. The molecule has 17 heavy (non-hydrogen) atoms. The lowest BCUT2D eigenvalue weighted by atomic mass is 9.89. The fraction of sp³-hybridized carbons (Fsp3) is 0.667. The van der Waals surface area contributed by atoms with Crippen LogP contribution in [0.15, 0.2) is 12.4 Å². The number of methoxy groups -OCH3 is 1. The molecule has 1 heterocycles. The van der Waals surface area contributed by atoms with Crippen LogP contribution in [0, 0.1) is 5.41 Å². The largest absolute Gasteiger partial charge is 0.481 e. The van der Waals surface area contributed by atoms with Gasteiger partial charge in [-0.25, -0.2) is 9.97 Å². The van der Waals surface area contributed by atoms with Gasteiger partial charge in [-0.3, -0.25) is 0 Å². The monoisotopic (exact) mass is 239 g/mol. The third-order valence-electron chi connectivity index (χ3n) is 2.22. The van der Waals surface area contributed by atoms with Gasteiger partial charge >= 0.3 is 0 Å². The van der Waals surface area contributed by atoms with Crippen molar-refractivity contribution in [3.8, 4) is 5.88 Å². The molecular weight excluding hydrogens is 218 g/mol. The SMILES string of the molecule is COc1cc(NCC(O)CC(C)(C)C)ncn1. The van der Waals surface area contributed by atoms with Crippen molar-refractivity contribution < 1.29 is 9.84 Å². The molecule has 0 amide bonds. The molecule has 96 valence electrons. The third-order valence-corrected chi connectivity index (χ3v) is 2.22. The fourth-order valence-corrected chi connectivity index (χ4v) is 1.55. The van der Waals surface area contributed by atoms with Gasteiger partial charge in [0.05, 0.1) is 13.2 Å². The molecule has 0 fully saturated rings. The molecule has 0 aliphatic carbocycles. The van der Waals surface area contributed by atoms with E-state index in [1.165, 1.54) is 6.33 Å². The number of anilines is 1. The summed E-state index contributed by atoms with van der Waals surface area (Å²) in [6, 6.07) is 1.70. The molecule has 1 aromatic rings. The number of aromatic nitrogens is 2. The summed E-state index contributed by atoms with van der Waals surface area (Å²) in [5, 5.41) is 12.9. The first-order chi connectivity index (χ1) is 7.90. The number of nitrogens with zero attached hydrogens (tertiary/aromatic N) is 2. The summed E-state index contributed by atoms with van der Waals surface area (Å²) in [7, 11) is 1.56. The quantitative estimate of drug-likeness (QED) is 0.818. The first-order valence-corrected chi connectivity index (χ1v) is 5.69. The van der Waals surface area contributed by atoms with Crippen molar-refractivity contribution in [3.05, 3.63) is 12.4 Å². The average molecular weight is 239 g/mol. The van der Waals surface area contributed by atoms with Crippen molar-refractivity contribution in [1.29, 1.82) is 0 Å². The molecule has 0 spiro atoms. The Bertz CT molecular complexity index is 350. The number of rotatable bonds is 5. The third kappa shape index (κ3) is 5.49. The van der Waals surface area contributed by atoms with E-state index < -0.39 is 6.10 Å². The molecule has 0 aromatic carbocycles. The fourth-order valence-electron chi connectivity index (χ4n) is 1.55. The van der Waals surface area contributed by atoms with Gasteiger partial charge in [-0.15, -0.1) is 0 Å². The Morgan fingerprint density at radius 3 is 2.71 bits per heavy atom. The Hall–Kier alpha value is -1.36. The highest BCUT2D eigenvalue weighted by molar-refractivity contribution is 5.37. The first-order valence-electron chi connectivity index (χ1n) is 5.69. The van der Waals surface area contributed by atoms with Gasteiger partial charge in [0.15, 0.2) is 0 Å². The molecule has 0 saturated carbocycles. The minimum Gasteiger partial charge on any atom is -0.481 e. The van der Waals surface area contributed by atoms with Gasteiger partial charge in [0, 0.05) is 12.6 Å². The van der Waals surface area contributed by atoms with E-state index >= 15 is 0 Å². The van der Waals surface area contributed by atoms with E-state index in [-0.39, 0.29) is 5.41 Å². The lowest BCUT2D eigenvalue weighted by Gasteiger charge is -2.22. The Kier molecular flexibility index (Phi) is 4.69. The van der Waals surface area contributed by atoms with E-state index in [0.717, 1.165) is 6.42 Å². The zero-order chi connectivity index (χ0) is 12.9. The van der Waals surface area contributed by atoms with Crippen LogP contribution in [0.3, 0.4) is 0 Å². The summed E-state index contributed by atoms with van der Waals surface area (Å²) >= 11 is 0. The van der Waals surface area contributed by atoms with Crippen molar-refractivity contribution in [2.75, 3.05) is 19.0 Å². The van der Waals surface area contributed by atoms with Crippen molar-refractivity contribution in [3.63, 3.8) is 0 Å². The summed E-state index contributed by atoms with van der Waals surface area (Å²) in [5.74, 6) is 1.16. The molecule has 2 N–H and O–H groups in total. The zero-order valence-electron chi connectivity index (χ0n) is 10.9. The van der Waals surface area contributed by atoms with Gasteiger partial charge < -0.3 is 15.2 Å². The number of ether oxygens (including phenoxy) is 1. The van der Waals surface area contributed by atoms with E-state index in [4.69, 9.17) is 4.74 Å². The summed E-state index contributed by atoms with van der Waals surface area (Å²) in [6.07, 6.45) is 1.77. The molecular formula is C12H21N3O2. The summed E-state index contributed by atoms with van der Waals surface area (Å²) in [6.45, 7) is 6.77.